The Morgan fingerprint density at radius 2 is 2.14 bits per heavy atom. The molecule has 1 aliphatic heterocycles. The van der Waals surface area contributed by atoms with Crippen LogP contribution in [-0.2, 0) is 4.79 Å². The number of hydrogen-bond acceptors (Lipinski definition) is 3. The smallest absolute Gasteiger partial charge is 0.256 e. The van der Waals surface area contributed by atoms with Crippen LogP contribution < -0.4 is 11.1 Å². The number of hydrogen-bond donors (Lipinski definition) is 2. The molecule has 5 heteroatoms. The maximum Gasteiger partial charge on any atom is 0.256 e. The minimum absolute atomic E-state index is 0.177. The van der Waals surface area contributed by atoms with Crippen molar-refractivity contribution >= 4 is 27.8 Å². The number of guanidine groups is 1. The van der Waals surface area contributed by atoms with Crippen LogP contribution in [0.4, 0.5) is 0 Å². The highest BCUT2D eigenvalue weighted by molar-refractivity contribution is 9.10. The van der Waals surface area contributed by atoms with Crippen molar-refractivity contribution in [3.8, 4) is 0 Å². The molecule has 0 aliphatic carbocycles. The largest absolute Gasteiger partial charge is 0.370 e. The van der Waals surface area contributed by atoms with Gasteiger partial charge in [0.2, 0.25) is 0 Å². The first kappa shape index (κ1) is 9.21. The van der Waals surface area contributed by atoms with Gasteiger partial charge in [-0.15, -0.1) is 0 Å². The van der Waals surface area contributed by atoms with Gasteiger partial charge in [-0.3, -0.25) is 10.1 Å². The van der Waals surface area contributed by atoms with E-state index in [0.717, 1.165) is 10.0 Å². The number of carbonyl (C=O) groups excluding carboxylic acids is 1. The number of aliphatic imine (C=N–C) groups is 1. The van der Waals surface area contributed by atoms with Crippen molar-refractivity contribution in [2.24, 2.45) is 10.7 Å². The first-order valence-electron chi connectivity index (χ1n) is 4.07. The van der Waals surface area contributed by atoms with Crippen molar-refractivity contribution in [3.63, 3.8) is 0 Å². The van der Waals surface area contributed by atoms with Crippen molar-refractivity contribution < 1.29 is 4.79 Å². The summed E-state index contributed by atoms with van der Waals surface area (Å²) in [6.45, 7) is 0. The average Bonchev–Trinajstić information content (AvgIpc) is 2.46. The second-order valence-electron chi connectivity index (χ2n) is 2.93. The number of amides is 1. The molecule has 2 rings (SSSR count). The van der Waals surface area contributed by atoms with Crippen LogP contribution in [0.1, 0.15) is 11.6 Å². The van der Waals surface area contributed by atoms with E-state index in [2.05, 4.69) is 26.2 Å². The number of nitrogens with one attached hydrogen (secondary N) is 1. The molecule has 3 N–H and O–H groups in total. The zero-order chi connectivity index (χ0) is 10.1. The van der Waals surface area contributed by atoms with E-state index < -0.39 is 6.04 Å². The van der Waals surface area contributed by atoms with Crippen molar-refractivity contribution in [1.29, 1.82) is 0 Å². The quantitative estimate of drug-likeness (QED) is 0.782. The molecule has 0 spiro atoms. The van der Waals surface area contributed by atoms with E-state index in [0.29, 0.717) is 0 Å². The van der Waals surface area contributed by atoms with Crippen LogP contribution in [0.25, 0.3) is 0 Å². The summed E-state index contributed by atoms with van der Waals surface area (Å²) in [7, 11) is 0. The third-order valence-corrected chi connectivity index (χ3v) is 2.69. The number of nitrogens with zero attached hydrogens (tertiary/aromatic N) is 1. The molecule has 1 atom stereocenters. The maximum absolute atomic E-state index is 11.4. The van der Waals surface area contributed by atoms with Gasteiger partial charge in [-0.1, -0.05) is 34.1 Å². The molecule has 1 amide bonds. The summed E-state index contributed by atoms with van der Waals surface area (Å²) >= 11 is 3.36. The van der Waals surface area contributed by atoms with Gasteiger partial charge in [0.1, 0.15) is 0 Å². The van der Waals surface area contributed by atoms with Crippen molar-refractivity contribution in [3.05, 3.63) is 34.3 Å². The number of benzene rings is 1. The van der Waals surface area contributed by atoms with Crippen molar-refractivity contribution in [2.45, 2.75) is 6.04 Å². The standard InChI is InChI=1S/C9H8BrN3O/c10-6-4-2-1-3-5(6)7-8(14)13-9(11)12-7/h1-4,7H,(H3,11,12,13,14). The Morgan fingerprint density at radius 1 is 1.43 bits per heavy atom. The van der Waals surface area contributed by atoms with Gasteiger partial charge in [-0.05, 0) is 6.07 Å². The molecular weight excluding hydrogens is 246 g/mol. The van der Waals surface area contributed by atoms with Gasteiger partial charge >= 0.3 is 0 Å². The maximum atomic E-state index is 11.4. The Kier molecular flexibility index (Phi) is 2.25. The fourth-order valence-corrected chi connectivity index (χ4v) is 1.83. The molecule has 0 radical (unpaired) electrons. The molecule has 0 bridgehead atoms. The van der Waals surface area contributed by atoms with Crippen LogP contribution in [0, 0.1) is 0 Å². The van der Waals surface area contributed by atoms with Crippen molar-refractivity contribution in [2.75, 3.05) is 0 Å². The predicted molar refractivity (Wildman–Crippen MR) is 56.6 cm³/mol. The highest BCUT2D eigenvalue weighted by atomic mass is 79.9. The van der Waals surface area contributed by atoms with E-state index in [9.17, 15) is 4.79 Å². The van der Waals surface area contributed by atoms with E-state index in [-0.39, 0.29) is 11.9 Å². The van der Waals surface area contributed by atoms with Crippen LogP contribution in [0.5, 0.6) is 0 Å². The lowest BCUT2D eigenvalue weighted by atomic mass is 10.1. The molecule has 1 aliphatic rings. The fourth-order valence-electron chi connectivity index (χ4n) is 1.33. The van der Waals surface area contributed by atoms with E-state index in [1.54, 1.807) is 0 Å². The van der Waals surface area contributed by atoms with Crippen LogP contribution in [0.15, 0.2) is 33.7 Å². The number of rotatable bonds is 1. The lowest BCUT2D eigenvalue weighted by Crippen LogP contribution is -2.31. The van der Waals surface area contributed by atoms with Gasteiger partial charge in [0, 0.05) is 10.0 Å². The molecule has 0 saturated carbocycles. The number of carbonyl (C=O) groups is 1. The summed E-state index contributed by atoms with van der Waals surface area (Å²) in [6.07, 6.45) is 0. The summed E-state index contributed by atoms with van der Waals surface area (Å²) in [6, 6.07) is 6.93. The Labute approximate surface area is 89.3 Å². The van der Waals surface area contributed by atoms with E-state index >= 15 is 0 Å². The van der Waals surface area contributed by atoms with Crippen molar-refractivity contribution in [1.82, 2.24) is 5.32 Å². The first-order valence-corrected chi connectivity index (χ1v) is 4.86. The molecule has 1 unspecified atom stereocenters. The monoisotopic (exact) mass is 253 g/mol. The SMILES string of the molecule is NC1=NC(c2ccccc2Br)C(=O)N1. The second kappa shape index (κ2) is 3.42. The molecule has 1 aromatic carbocycles. The average molecular weight is 254 g/mol. The van der Waals surface area contributed by atoms with Gasteiger partial charge in [0.25, 0.3) is 5.91 Å². The third-order valence-electron chi connectivity index (χ3n) is 1.97. The number of nitrogens with two attached hydrogens (primary N) is 1. The van der Waals surface area contributed by atoms with Gasteiger partial charge < -0.3 is 5.73 Å². The molecule has 1 heterocycles. The Morgan fingerprint density at radius 3 is 2.71 bits per heavy atom. The van der Waals surface area contributed by atoms with Gasteiger partial charge in [0.05, 0.1) is 0 Å². The third kappa shape index (κ3) is 1.50. The molecule has 0 saturated heterocycles. The minimum atomic E-state index is -0.523. The van der Waals surface area contributed by atoms with Gasteiger partial charge in [0.15, 0.2) is 12.0 Å². The molecule has 1 aromatic rings. The summed E-state index contributed by atoms with van der Waals surface area (Å²) in [5, 5.41) is 2.46. The second-order valence-corrected chi connectivity index (χ2v) is 3.78. The first-order chi connectivity index (χ1) is 6.68. The van der Waals surface area contributed by atoms with Gasteiger partial charge in [-0.25, -0.2) is 4.99 Å². The van der Waals surface area contributed by atoms with E-state index in [1.807, 2.05) is 24.3 Å². The summed E-state index contributed by atoms with van der Waals surface area (Å²) in [4.78, 5) is 15.4. The normalized spacial score (nSPS) is 20.5. The van der Waals surface area contributed by atoms with Crippen LogP contribution in [0.2, 0.25) is 0 Å². The lowest BCUT2D eigenvalue weighted by Gasteiger charge is -2.06. The lowest BCUT2D eigenvalue weighted by molar-refractivity contribution is -0.120. The zero-order valence-corrected chi connectivity index (χ0v) is 8.78. The summed E-state index contributed by atoms with van der Waals surface area (Å²) < 4.78 is 0.860. The van der Waals surface area contributed by atoms with Crippen LogP contribution in [0.3, 0.4) is 0 Å². The Balaban J connectivity index is 2.41. The summed E-state index contributed by atoms with van der Waals surface area (Å²) in [5.41, 5.74) is 6.23. The molecule has 0 fully saturated rings. The molecule has 72 valence electrons. The predicted octanol–water partition coefficient (Wildman–Crippen LogP) is 0.935. The zero-order valence-electron chi connectivity index (χ0n) is 7.20. The molecule has 0 aromatic heterocycles. The van der Waals surface area contributed by atoms with Crippen LogP contribution in [-0.4, -0.2) is 11.9 Å². The Bertz CT molecular complexity index is 416. The topological polar surface area (TPSA) is 67.5 Å². The van der Waals surface area contributed by atoms with E-state index in [4.69, 9.17) is 5.73 Å². The highest BCUT2D eigenvalue weighted by Gasteiger charge is 2.27. The Hall–Kier alpha value is -1.36. The van der Waals surface area contributed by atoms with Gasteiger partial charge in [-0.2, -0.15) is 0 Å². The molecule has 4 nitrogen and oxygen atoms in total. The highest BCUT2D eigenvalue weighted by Crippen LogP contribution is 2.27. The number of halogens is 1. The fraction of sp³-hybridized carbons (Fsp3) is 0.111. The van der Waals surface area contributed by atoms with Crippen LogP contribution >= 0.6 is 15.9 Å². The van der Waals surface area contributed by atoms with E-state index in [1.165, 1.54) is 0 Å². The molecular formula is C9H8BrN3O. The molecule has 14 heavy (non-hydrogen) atoms. The summed E-state index contributed by atoms with van der Waals surface area (Å²) in [5.74, 6) is -0.00912. The minimum Gasteiger partial charge on any atom is -0.370 e.